The maximum absolute atomic E-state index is 13.9. The van der Waals surface area contributed by atoms with Gasteiger partial charge in [-0.05, 0) is 55.5 Å². The lowest BCUT2D eigenvalue weighted by molar-refractivity contribution is -0.144. The number of aliphatic hydroxyl groups is 1. The highest BCUT2D eigenvalue weighted by Gasteiger charge is 2.37. The monoisotopic (exact) mass is 569 g/mol. The Bertz CT molecular complexity index is 1350. The van der Waals surface area contributed by atoms with E-state index in [1.54, 1.807) is 6.07 Å². The molecule has 0 bridgehead atoms. The van der Waals surface area contributed by atoms with E-state index in [0.717, 1.165) is 0 Å². The maximum atomic E-state index is 13.9. The zero-order chi connectivity index (χ0) is 27.4. The smallest absolute Gasteiger partial charge is 0.451 e. The number of anilines is 3. The lowest BCUT2D eigenvalue weighted by Crippen LogP contribution is -2.29. The minimum atomic E-state index is -4.90. The number of hydrogen-bond donors (Lipinski definition) is 4. The molecule has 1 fully saturated rings. The first kappa shape index (κ1) is 27.9. The Hall–Kier alpha value is -3.11. The van der Waals surface area contributed by atoms with Crippen molar-refractivity contribution in [1.29, 1.82) is 0 Å². The van der Waals surface area contributed by atoms with Crippen LogP contribution < -0.4 is 14.8 Å². The van der Waals surface area contributed by atoms with Crippen molar-refractivity contribution in [3.05, 3.63) is 54.4 Å². The molecule has 1 heterocycles. The van der Waals surface area contributed by atoms with Crippen LogP contribution in [0.15, 0.2) is 48.5 Å². The molecule has 4 N–H and O–H groups in total. The van der Waals surface area contributed by atoms with E-state index in [1.165, 1.54) is 42.5 Å². The van der Waals surface area contributed by atoms with Crippen LogP contribution in [0, 0.1) is 0 Å². The number of hydrogen-bond acceptors (Lipinski definition) is 8. The Morgan fingerprint density at radius 3 is 1.97 bits per heavy atom. The van der Waals surface area contributed by atoms with E-state index in [1.807, 2.05) is 0 Å². The molecular weight excluding hydrogens is 547 g/mol. The minimum absolute atomic E-state index is 0.0990. The molecule has 0 aliphatic heterocycles. The zero-order valence-corrected chi connectivity index (χ0v) is 21.2. The van der Waals surface area contributed by atoms with E-state index in [-0.39, 0.29) is 40.1 Å². The van der Waals surface area contributed by atoms with E-state index in [9.17, 15) is 35.8 Å². The summed E-state index contributed by atoms with van der Waals surface area (Å²) >= 11 is -5.32. The van der Waals surface area contributed by atoms with Gasteiger partial charge >= 0.3 is 6.18 Å². The molecule has 1 aliphatic carbocycles. The summed E-state index contributed by atoms with van der Waals surface area (Å²) in [7, 11) is 0. The molecule has 0 saturated heterocycles. The second kappa shape index (κ2) is 11.7. The predicted molar refractivity (Wildman–Crippen MR) is 135 cm³/mol. The van der Waals surface area contributed by atoms with Gasteiger partial charge in [0, 0.05) is 45.5 Å². The molecule has 10 nitrogen and oxygen atoms in total. The molecule has 3 aromatic rings. The minimum Gasteiger partial charge on any atom is -0.755 e. The van der Waals surface area contributed by atoms with E-state index in [0.29, 0.717) is 31.2 Å². The molecule has 0 radical (unpaired) electrons. The van der Waals surface area contributed by atoms with Crippen LogP contribution in [0.2, 0.25) is 0 Å². The summed E-state index contributed by atoms with van der Waals surface area (Å²) in [5.74, 6) is -1.54. The fourth-order valence-electron chi connectivity index (χ4n) is 4.25. The van der Waals surface area contributed by atoms with Gasteiger partial charge in [0.1, 0.15) is 5.82 Å². The number of halogens is 3. The van der Waals surface area contributed by atoms with E-state index < -0.39 is 40.6 Å². The van der Waals surface area contributed by atoms with Crippen molar-refractivity contribution in [3.63, 3.8) is 0 Å². The molecule has 204 valence electrons. The predicted octanol–water partition coefficient (Wildman–Crippen LogP) is 3.96. The fourth-order valence-corrected chi connectivity index (χ4v) is 4.89. The number of aromatic nitrogens is 2. The van der Waals surface area contributed by atoms with Crippen LogP contribution in [0.4, 0.5) is 30.4 Å². The summed E-state index contributed by atoms with van der Waals surface area (Å²) < 4.78 is 90.8. The highest BCUT2D eigenvalue weighted by atomic mass is 32.2. The highest BCUT2D eigenvalue weighted by molar-refractivity contribution is 7.80. The van der Waals surface area contributed by atoms with Crippen molar-refractivity contribution in [1.82, 2.24) is 9.97 Å². The molecule has 2 aromatic carbocycles. The maximum Gasteiger partial charge on any atom is 0.451 e. The molecule has 4 rings (SSSR count). The summed E-state index contributed by atoms with van der Waals surface area (Å²) in [5.41, 5.74) is 0.744. The van der Waals surface area contributed by atoms with Crippen LogP contribution in [0.1, 0.15) is 31.5 Å². The Morgan fingerprint density at radius 2 is 1.42 bits per heavy atom. The van der Waals surface area contributed by atoms with Gasteiger partial charge in [-0.3, -0.25) is 8.42 Å². The first-order valence-corrected chi connectivity index (χ1v) is 13.5. The largest absolute Gasteiger partial charge is 0.755 e. The van der Waals surface area contributed by atoms with Crippen molar-refractivity contribution in [2.24, 2.45) is 0 Å². The topological polar surface area (TPSA) is 162 Å². The Balaban J connectivity index is 1.94. The fraction of sp³-hybridized carbons (Fsp3) is 0.304. The Kier molecular flexibility index (Phi) is 8.62. The first-order chi connectivity index (χ1) is 18.0. The molecule has 1 aromatic heterocycles. The molecule has 38 heavy (non-hydrogen) atoms. The third-order valence-corrected chi connectivity index (χ3v) is 6.69. The summed E-state index contributed by atoms with van der Waals surface area (Å²) in [4.78, 5) is 7.64. The normalized spacial score (nSPS) is 19.4. The van der Waals surface area contributed by atoms with Crippen LogP contribution in [0.3, 0.4) is 0 Å². The standard InChI is InChI=1S/C23H24F3N5O5S2/c24-23(25,26)22-28-20(14-4-2-6-17(12-14)31-38(35)36)19(13-3-1-5-16(11-13)30-37(33)34)21(29-22)27-15-7-9-18(32)10-8-15/h1-6,11-12,15,18,30-32H,7-10H2,(H,33,34)(H,35,36)(H,27,28,29)/p-2. The van der Waals surface area contributed by atoms with Crippen molar-refractivity contribution >= 4 is 39.7 Å². The molecule has 0 spiro atoms. The number of aliphatic hydroxyl groups excluding tert-OH is 1. The lowest BCUT2D eigenvalue weighted by Gasteiger charge is -2.28. The number of alkyl halides is 3. The Morgan fingerprint density at radius 1 is 0.868 bits per heavy atom. The van der Waals surface area contributed by atoms with Gasteiger partial charge in [0.05, 0.1) is 17.4 Å². The van der Waals surface area contributed by atoms with Gasteiger partial charge in [-0.2, -0.15) is 13.2 Å². The van der Waals surface area contributed by atoms with E-state index in [2.05, 4.69) is 24.7 Å². The zero-order valence-electron chi connectivity index (χ0n) is 19.5. The third-order valence-electron chi connectivity index (χ3n) is 5.89. The van der Waals surface area contributed by atoms with Crippen LogP contribution in [-0.4, -0.2) is 44.7 Å². The number of nitrogens with one attached hydrogen (secondary N) is 3. The quantitative estimate of drug-likeness (QED) is 0.296. The lowest BCUT2D eigenvalue weighted by atomic mass is 9.92. The Labute approximate surface area is 220 Å². The highest BCUT2D eigenvalue weighted by Crippen LogP contribution is 2.41. The van der Waals surface area contributed by atoms with Gasteiger partial charge in [-0.1, -0.05) is 24.3 Å². The molecule has 15 heteroatoms. The first-order valence-electron chi connectivity index (χ1n) is 11.4. The second-order valence-electron chi connectivity index (χ2n) is 8.60. The van der Waals surface area contributed by atoms with Gasteiger partial charge in [-0.15, -0.1) is 0 Å². The molecule has 1 aliphatic rings. The van der Waals surface area contributed by atoms with Crippen molar-refractivity contribution in [2.75, 3.05) is 14.8 Å². The van der Waals surface area contributed by atoms with Crippen molar-refractivity contribution in [3.8, 4) is 22.4 Å². The van der Waals surface area contributed by atoms with Crippen LogP contribution in [-0.2, 0) is 28.7 Å². The summed E-state index contributed by atoms with van der Waals surface area (Å²) in [6.45, 7) is 0. The molecule has 1 saturated carbocycles. The van der Waals surface area contributed by atoms with Gasteiger partial charge < -0.3 is 29.0 Å². The van der Waals surface area contributed by atoms with Gasteiger partial charge in [-0.25, -0.2) is 9.97 Å². The van der Waals surface area contributed by atoms with Crippen LogP contribution in [0.5, 0.6) is 0 Å². The summed E-state index contributed by atoms with van der Waals surface area (Å²) in [6.07, 6.45) is -3.48. The molecule has 0 amide bonds. The summed E-state index contributed by atoms with van der Waals surface area (Å²) in [6, 6.07) is 11.4. The van der Waals surface area contributed by atoms with Gasteiger partial charge in [0.2, 0.25) is 5.82 Å². The number of nitrogens with zero attached hydrogens (tertiary/aromatic N) is 2. The molecule has 2 atom stereocenters. The molecular formula is C23H22F3N5O5S2-2. The van der Waals surface area contributed by atoms with E-state index in [4.69, 9.17) is 0 Å². The van der Waals surface area contributed by atoms with E-state index >= 15 is 0 Å². The van der Waals surface area contributed by atoms with Gasteiger partial charge in [0.25, 0.3) is 0 Å². The average Bonchev–Trinajstić information content (AvgIpc) is 2.84. The van der Waals surface area contributed by atoms with Crippen LogP contribution >= 0.6 is 0 Å². The number of rotatable bonds is 8. The molecule has 2 unspecified atom stereocenters. The third kappa shape index (κ3) is 7.05. The SMILES string of the molecule is O=S([O-])Nc1cccc(-c2nc(C(F)(F)F)nc(NC3CCC(O)CC3)c2-c2cccc(NS(=O)[O-])c2)c1. The van der Waals surface area contributed by atoms with Crippen LogP contribution in [0.25, 0.3) is 22.4 Å². The number of benzene rings is 2. The average molecular weight is 570 g/mol. The van der Waals surface area contributed by atoms with Crippen molar-refractivity contribution in [2.45, 2.75) is 44.0 Å². The van der Waals surface area contributed by atoms with Gasteiger partial charge in [0.15, 0.2) is 0 Å². The van der Waals surface area contributed by atoms with Crippen molar-refractivity contribution < 1.29 is 35.8 Å². The summed E-state index contributed by atoms with van der Waals surface area (Å²) in [5, 5.41) is 12.9. The second-order valence-corrected chi connectivity index (χ2v) is 9.95.